The van der Waals surface area contributed by atoms with Gasteiger partial charge in [-0.15, -0.1) is 0 Å². The van der Waals surface area contributed by atoms with Crippen molar-refractivity contribution in [2.24, 2.45) is 5.92 Å². The van der Waals surface area contributed by atoms with Crippen LogP contribution in [-0.4, -0.2) is 45.1 Å². The van der Waals surface area contributed by atoms with Gasteiger partial charge in [0.1, 0.15) is 0 Å². The first-order chi connectivity index (χ1) is 12.3. The molecule has 2 rings (SSSR count). The van der Waals surface area contributed by atoms with Crippen molar-refractivity contribution in [1.82, 2.24) is 4.90 Å². The number of hydrogen-bond acceptors (Lipinski definition) is 3. The summed E-state index contributed by atoms with van der Waals surface area (Å²) in [4.78, 5) is 2.55. The second-order valence-electron chi connectivity index (χ2n) is 10.5. The van der Waals surface area contributed by atoms with E-state index in [1.54, 1.807) is 0 Å². The van der Waals surface area contributed by atoms with Gasteiger partial charge in [-0.25, -0.2) is 0 Å². The first-order valence-electron chi connectivity index (χ1n) is 10.5. The average Bonchev–Trinajstić information content (AvgIpc) is 2.50. The molecule has 0 bridgehead atoms. The summed E-state index contributed by atoms with van der Waals surface area (Å²) in [5, 5.41) is 0. The number of benzene rings is 1. The SMILES string of the molecule is CC1CN(CC(C)C(O[Si](C)(C)C)c2ccc(C(C)(C)C)cc2)CC(C)O1. The van der Waals surface area contributed by atoms with Gasteiger partial charge in [0.15, 0.2) is 8.32 Å². The minimum Gasteiger partial charge on any atom is -0.410 e. The summed E-state index contributed by atoms with van der Waals surface area (Å²) < 4.78 is 12.6. The van der Waals surface area contributed by atoms with E-state index in [1.165, 1.54) is 11.1 Å². The predicted molar refractivity (Wildman–Crippen MR) is 118 cm³/mol. The third kappa shape index (κ3) is 7.01. The van der Waals surface area contributed by atoms with Crippen molar-refractivity contribution in [3.8, 4) is 0 Å². The molecule has 0 radical (unpaired) electrons. The Morgan fingerprint density at radius 1 is 1.07 bits per heavy atom. The summed E-state index contributed by atoms with van der Waals surface area (Å²) in [7, 11) is -1.65. The molecule has 0 amide bonds. The molecule has 27 heavy (non-hydrogen) atoms. The van der Waals surface area contributed by atoms with E-state index in [1.807, 2.05) is 0 Å². The maximum absolute atomic E-state index is 6.69. The maximum Gasteiger partial charge on any atom is 0.184 e. The normalized spacial score (nSPS) is 24.6. The van der Waals surface area contributed by atoms with E-state index in [0.717, 1.165) is 19.6 Å². The molecule has 1 saturated heterocycles. The predicted octanol–water partition coefficient (Wildman–Crippen LogP) is 5.62. The molecule has 0 saturated carbocycles. The molecule has 1 aliphatic rings. The molecule has 3 nitrogen and oxygen atoms in total. The molecule has 1 aromatic rings. The maximum atomic E-state index is 6.69. The third-order valence-corrected chi connectivity index (χ3v) is 6.11. The highest BCUT2D eigenvalue weighted by atomic mass is 28.4. The zero-order valence-electron chi connectivity index (χ0n) is 19.0. The van der Waals surface area contributed by atoms with Crippen LogP contribution in [0.25, 0.3) is 0 Å². The third-order valence-electron chi connectivity index (χ3n) is 5.14. The van der Waals surface area contributed by atoms with Crippen LogP contribution >= 0.6 is 0 Å². The standard InChI is InChI=1S/C23H41NO2Si/c1-17(14-24-15-18(2)25-19(3)16-24)22(26-27(7,8)9)20-10-12-21(13-11-20)23(4,5)6/h10-13,17-19,22H,14-16H2,1-9H3. The Morgan fingerprint density at radius 3 is 2.04 bits per heavy atom. The lowest BCUT2D eigenvalue weighted by atomic mass is 9.85. The fourth-order valence-electron chi connectivity index (χ4n) is 4.00. The van der Waals surface area contributed by atoms with Crippen LogP contribution in [0.1, 0.15) is 58.8 Å². The monoisotopic (exact) mass is 391 g/mol. The van der Waals surface area contributed by atoms with E-state index < -0.39 is 8.32 Å². The van der Waals surface area contributed by atoms with Crippen molar-refractivity contribution in [3.63, 3.8) is 0 Å². The Balaban J connectivity index is 2.18. The minimum atomic E-state index is -1.65. The minimum absolute atomic E-state index is 0.152. The molecule has 0 N–H and O–H groups in total. The molecule has 4 atom stereocenters. The first-order valence-corrected chi connectivity index (χ1v) is 13.9. The van der Waals surface area contributed by atoms with Gasteiger partial charge in [-0.1, -0.05) is 52.0 Å². The van der Waals surface area contributed by atoms with E-state index in [0.29, 0.717) is 18.1 Å². The summed E-state index contributed by atoms with van der Waals surface area (Å²) in [5.74, 6) is 0.440. The van der Waals surface area contributed by atoms with Crippen LogP contribution in [0.15, 0.2) is 24.3 Å². The molecule has 1 aliphatic heterocycles. The van der Waals surface area contributed by atoms with Crippen LogP contribution in [-0.2, 0) is 14.6 Å². The quantitative estimate of drug-likeness (QED) is 0.587. The molecule has 0 aromatic heterocycles. The Bertz CT molecular complexity index is 578. The van der Waals surface area contributed by atoms with Gasteiger partial charge in [0.25, 0.3) is 0 Å². The molecule has 4 heteroatoms. The van der Waals surface area contributed by atoms with Gasteiger partial charge in [0.2, 0.25) is 0 Å². The number of morpholine rings is 1. The Labute approximate surface area is 168 Å². The van der Waals surface area contributed by atoms with Gasteiger partial charge in [-0.3, -0.25) is 4.90 Å². The lowest BCUT2D eigenvalue weighted by Gasteiger charge is -2.39. The fraction of sp³-hybridized carbons (Fsp3) is 0.739. The summed E-state index contributed by atoms with van der Waals surface area (Å²) in [6.07, 6.45) is 0.769. The van der Waals surface area contributed by atoms with Crippen LogP contribution in [0.3, 0.4) is 0 Å². The van der Waals surface area contributed by atoms with Crippen LogP contribution < -0.4 is 0 Å². The Hall–Kier alpha value is -0.683. The van der Waals surface area contributed by atoms with Gasteiger partial charge in [-0.2, -0.15) is 0 Å². The van der Waals surface area contributed by atoms with Crippen molar-refractivity contribution in [3.05, 3.63) is 35.4 Å². The number of rotatable bonds is 6. The van der Waals surface area contributed by atoms with Crippen LogP contribution in [0.4, 0.5) is 0 Å². The molecule has 0 spiro atoms. The number of nitrogens with zero attached hydrogens (tertiary/aromatic N) is 1. The number of hydrogen-bond donors (Lipinski definition) is 0. The second-order valence-corrected chi connectivity index (χ2v) is 14.9. The summed E-state index contributed by atoms with van der Waals surface area (Å²) in [6, 6.07) is 9.13. The van der Waals surface area contributed by atoms with Crippen molar-refractivity contribution >= 4 is 8.32 Å². The number of ether oxygens (including phenoxy) is 1. The molecule has 0 aliphatic carbocycles. The highest BCUT2D eigenvalue weighted by Crippen LogP contribution is 2.32. The van der Waals surface area contributed by atoms with Crippen LogP contribution in [0.5, 0.6) is 0 Å². The fourth-order valence-corrected chi connectivity index (χ4v) is 5.13. The summed E-state index contributed by atoms with van der Waals surface area (Å²) in [5.41, 5.74) is 2.87. The molecule has 4 unspecified atom stereocenters. The van der Waals surface area contributed by atoms with E-state index in [4.69, 9.17) is 9.16 Å². The average molecular weight is 392 g/mol. The smallest absolute Gasteiger partial charge is 0.184 e. The van der Waals surface area contributed by atoms with E-state index in [2.05, 4.69) is 90.3 Å². The van der Waals surface area contributed by atoms with Gasteiger partial charge in [0.05, 0.1) is 18.3 Å². The largest absolute Gasteiger partial charge is 0.410 e. The van der Waals surface area contributed by atoms with Gasteiger partial charge < -0.3 is 9.16 Å². The summed E-state index contributed by atoms with van der Waals surface area (Å²) >= 11 is 0. The van der Waals surface area contributed by atoms with Crippen molar-refractivity contribution < 1.29 is 9.16 Å². The van der Waals surface area contributed by atoms with E-state index in [9.17, 15) is 0 Å². The van der Waals surface area contributed by atoms with Crippen LogP contribution in [0, 0.1) is 5.92 Å². The van der Waals surface area contributed by atoms with Crippen LogP contribution in [0.2, 0.25) is 19.6 Å². The van der Waals surface area contributed by atoms with Gasteiger partial charge in [0, 0.05) is 19.6 Å². The van der Waals surface area contributed by atoms with Gasteiger partial charge in [-0.05, 0) is 55.9 Å². The Kier molecular flexibility index (Phi) is 7.34. The topological polar surface area (TPSA) is 21.7 Å². The molecule has 1 fully saturated rings. The lowest BCUT2D eigenvalue weighted by molar-refractivity contribution is -0.0748. The van der Waals surface area contributed by atoms with E-state index >= 15 is 0 Å². The van der Waals surface area contributed by atoms with Crippen molar-refractivity contribution in [2.75, 3.05) is 19.6 Å². The molecule has 154 valence electrons. The summed E-state index contributed by atoms with van der Waals surface area (Å²) in [6.45, 7) is 23.4. The highest BCUT2D eigenvalue weighted by molar-refractivity contribution is 6.69. The van der Waals surface area contributed by atoms with Crippen molar-refractivity contribution in [1.29, 1.82) is 0 Å². The molecular formula is C23H41NO2Si. The van der Waals surface area contributed by atoms with Crippen molar-refractivity contribution in [2.45, 2.75) is 84.9 Å². The van der Waals surface area contributed by atoms with Gasteiger partial charge >= 0.3 is 0 Å². The Morgan fingerprint density at radius 2 is 1.59 bits per heavy atom. The zero-order chi connectivity index (χ0) is 20.4. The zero-order valence-corrected chi connectivity index (χ0v) is 20.0. The second kappa shape index (κ2) is 8.77. The molecular weight excluding hydrogens is 350 g/mol. The van der Waals surface area contributed by atoms with E-state index in [-0.39, 0.29) is 11.5 Å². The molecule has 1 aromatic carbocycles. The lowest BCUT2D eigenvalue weighted by Crippen LogP contribution is -2.47. The first kappa shape index (κ1) is 22.6. The molecule has 1 heterocycles. The highest BCUT2D eigenvalue weighted by Gasteiger charge is 2.30.